The molecule has 2 aromatic rings. The molecule has 4 nitrogen and oxygen atoms in total. The van der Waals surface area contributed by atoms with E-state index >= 15 is 0 Å². The smallest absolute Gasteiger partial charge is 0.307 e. The minimum atomic E-state index is -0.634. The molecule has 0 fully saturated rings. The van der Waals surface area contributed by atoms with E-state index in [-0.39, 0.29) is 5.91 Å². The molecule has 0 bridgehead atoms. The SMILES string of the molecule is CC(=O)OC(C)C#CC(=O)N(c1ccccc1)c1ccccc1. The number of nitrogens with zero attached hydrogens (tertiary/aromatic N) is 1. The molecular formula is C19H17NO3. The van der Waals surface area contributed by atoms with Crippen LogP contribution in [0.1, 0.15) is 13.8 Å². The van der Waals surface area contributed by atoms with Gasteiger partial charge in [-0.25, -0.2) is 0 Å². The standard InChI is InChI=1S/C19H17NO3/c1-15(23-16(2)21)13-14-19(22)20(17-9-5-3-6-10-17)18-11-7-4-8-12-18/h3-12,15H,1-2H3. The van der Waals surface area contributed by atoms with E-state index in [0.717, 1.165) is 11.4 Å². The first-order valence-electron chi connectivity index (χ1n) is 7.21. The van der Waals surface area contributed by atoms with Gasteiger partial charge in [-0.15, -0.1) is 0 Å². The van der Waals surface area contributed by atoms with E-state index in [9.17, 15) is 9.59 Å². The van der Waals surface area contributed by atoms with E-state index in [2.05, 4.69) is 11.8 Å². The highest BCUT2D eigenvalue weighted by Gasteiger charge is 2.15. The van der Waals surface area contributed by atoms with Crippen molar-refractivity contribution in [1.29, 1.82) is 0 Å². The Labute approximate surface area is 135 Å². The molecule has 0 aromatic heterocycles. The summed E-state index contributed by atoms with van der Waals surface area (Å²) >= 11 is 0. The Morgan fingerprint density at radius 2 is 1.43 bits per heavy atom. The van der Waals surface area contributed by atoms with Gasteiger partial charge in [0.25, 0.3) is 0 Å². The molecule has 0 saturated heterocycles. The minimum absolute atomic E-state index is 0.388. The molecule has 1 atom stereocenters. The van der Waals surface area contributed by atoms with Crippen LogP contribution in [0.25, 0.3) is 0 Å². The maximum absolute atomic E-state index is 12.5. The average Bonchev–Trinajstić information content (AvgIpc) is 2.55. The molecule has 1 amide bonds. The molecular weight excluding hydrogens is 290 g/mol. The van der Waals surface area contributed by atoms with E-state index in [0.29, 0.717) is 0 Å². The van der Waals surface area contributed by atoms with Crippen LogP contribution in [0, 0.1) is 11.8 Å². The second kappa shape index (κ2) is 7.81. The fourth-order valence-electron chi connectivity index (χ4n) is 2.04. The third-order valence-corrected chi connectivity index (χ3v) is 2.96. The number of para-hydroxylation sites is 2. The number of carbonyl (C=O) groups excluding carboxylic acids is 2. The zero-order valence-electron chi connectivity index (χ0n) is 13.0. The van der Waals surface area contributed by atoms with Gasteiger partial charge in [-0.2, -0.15) is 0 Å². The van der Waals surface area contributed by atoms with Gasteiger partial charge in [0, 0.05) is 18.3 Å². The number of hydrogen-bond donors (Lipinski definition) is 0. The van der Waals surface area contributed by atoms with Gasteiger partial charge in [0.2, 0.25) is 0 Å². The molecule has 0 heterocycles. The van der Waals surface area contributed by atoms with Crippen LogP contribution in [-0.2, 0) is 14.3 Å². The first-order chi connectivity index (χ1) is 11.1. The summed E-state index contributed by atoms with van der Waals surface area (Å²) in [6.07, 6.45) is -0.634. The van der Waals surface area contributed by atoms with Crippen LogP contribution in [0.5, 0.6) is 0 Å². The van der Waals surface area contributed by atoms with E-state index in [1.165, 1.54) is 11.8 Å². The number of rotatable bonds is 3. The van der Waals surface area contributed by atoms with Crippen LogP contribution in [0.15, 0.2) is 60.7 Å². The van der Waals surface area contributed by atoms with Crippen LogP contribution >= 0.6 is 0 Å². The molecule has 116 valence electrons. The Morgan fingerprint density at radius 1 is 0.957 bits per heavy atom. The summed E-state index contributed by atoms with van der Waals surface area (Å²) in [6.45, 7) is 2.93. The molecule has 0 N–H and O–H groups in total. The first-order valence-corrected chi connectivity index (χ1v) is 7.21. The zero-order valence-corrected chi connectivity index (χ0v) is 13.0. The molecule has 2 aromatic carbocycles. The predicted molar refractivity (Wildman–Crippen MR) is 89.0 cm³/mol. The Kier molecular flexibility index (Phi) is 5.54. The van der Waals surface area contributed by atoms with Crippen molar-refractivity contribution in [3.63, 3.8) is 0 Å². The van der Waals surface area contributed by atoms with Crippen molar-refractivity contribution in [2.24, 2.45) is 0 Å². The summed E-state index contributed by atoms with van der Waals surface area (Å²) in [5.74, 6) is 4.38. The highest BCUT2D eigenvalue weighted by atomic mass is 16.5. The fourth-order valence-corrected chi connectivity index (χ4v) is 2.04. The lowest BCUT2D eigenvalue weighted by molar-refractivity contribution is -0.143. The number of amides is 1. The quantitative estimate of drug-likeness (QED) is 0.645. The number of esters is 1. The Hall–Kier alpha value is -3.06. The maximum Gasteiger partial charge on any atom is 0.307 e. The van der Waals surface area contributed by atoms with Crippen molar-refractivity contribution < 1.29 is 14.3 Å². The summed E-state index contributed by atoms with van der Waals surface area (Å²) in [5, 5.41) is 0. The molecule has 0 spiro atoms. The lowest BCUT2D eigenvalue weighted by atomic mass is 10.2. The minimum Gasteiger partial charge on any atom is -0.450 e. The van der Waals surface area contributed by atoms with Gasteiger partial charge in [-0.1, -0.05) is 36.4 Å². The van der Waals surface area contributed by atoms with Gasteiger partial charge in [0.15, 0.2) is 6.10 Å². The molecule has 0 aliphatic heterocycles. The number of benzene rings is 2. The molecule has 23 heavy (non-hydrogen) atoms. The van der Waals surface area contributed by atoms with Gasteiger partial charge in [-0.05, 0) is 43.0 Å². The number of ether oxygens (including phenoxy) is 1. The average molecular weight is 307 g/mol. The van der Waals surface area contributed by atoms with Crippen molar-refractivity contribution in [3.8, 4) is 11.8 Å². The molecule has 2 rings (SSSR count). The van der Waals surface area contributed by atoms with Crippen molar-refractivity contribution in [3.05, 3.63) is 60.7 Å². The third-order valence-electron chi connectivity index (χ3n) is 2.96. The first kappa shape index (κ1) is 16.3. The van der Waals surface area contributed by atoms with Gasteiger partial charge in [-0.3, -0.25) is 14.5 Å². The lowest BCUT2D eigenvalue weighted by Crippen LogP contribution is -2.24. The normalized spacial score (nSPS) is 10.9. The van der Waals surface area contributed by atoms with Crippen LogP contribution in [0.4, 0.5) is 11.4 Å². The molecule has 0 radical (unpaired) electrons. The predicted octanol–water partition coefficient (Wildman–Crippen LogP) is 3.31. The summed E-state index contributed by atoms with van der Waals surface area (Å²) in [6, 6.07) is 18.5. The van der Waals surface area contributed by atoms with Crippen molar-refractivity contribution in [2.75, 3.05) is 4.90 Å². The van der Waals surface area contributed by atoms with Crippen molar-refractivity contribution in [1.82, 2.24) is 0 Å². The van der Waals surface area contributed by atoms with Gasteiger partial charge in [0.1, 0.15) is 0 Å². The van der Waals surface area contributed by atoms with Crippen LogP contribution in [0.3, 0.4) is 0 Å². The van der Waals surface area contributed by atoms with Crippen molar-refractivity contribution in [2.45, 2.75) is 20.0 Å². The van der Waals surface area contributed by atoms with E-state index < -0.39 is 12.1 Å². The number of anilines is 2. The third kappa shape index (κ3) is 4.72. The molecule has 0 saturated carbocycles. The second-order valence-corrected chi connectivity index (χ2v) is 4.83. The van der Waals surface area contributed by atoms with E-state index in [1.807, 2.05) is 60.7 Å². The molecule has 0 aliphatic rings. The van der Waals surface area contributed by atoms with Crippen molar-refractivity contribution >= 4 is 23.3 Å². The summed E-state index contributed by atoms with van der Waals surface area (Å²) in [4.78, 5) is 25.0. The van der Waals surface area contributed by atoms with Crippen LogP contribution in [0.2, 0.25) is 0 Å². The number of carbonyl (C=O) groups is 2. The zero-order chi connectivity index (χ0) is 16.7. The summed E-state index contributed by atoms with van der Waals surface area (Å²) in [5.41, 5.74) is 1.44. The topological polar surface area (TPSA) is 46.6 Å². The van der Waals surface area contributed by atoms with Crippen LogP contribution in [-0.4, -0.2) is 18.0 Å². The Bertz CT molecular complexity index is 690. The number of hydrogen-bond acceptors (Lipinski definition) is 3. The van der Waals surface area contributed by atoms with Gasteiger partial charge >= 0.3 is 11.9 Å². The summed E-state index contributed by atoms with van der Waals surface area (Å²) < 4.78 is 4.91. The Morgan fingerprint density at radius 3 is 1.87 bits per heavy atom. The van der Waals surface area contributed by atoms with E-state index in [4.69, 9.17) is 4.74 Å². The van der Waals surface area contributed by atoms with Gasteiger partial charge < -0.3 is 4.74 Å². The van der Waals surface area contributed by atoms with Crippen LogP contribution < -0.4 is 4.90 Å². The molecule has 4 heteroatoms. The molecule has 0 aliphatic carbocycles. The second-order valence-electron chi connectivity index (χ2n) is 4.83. The van der Waals surface area contributed by atoms with Gasteiger partial charge in [0.05, 0.1) is 0 Å². The largest absolute Gasteiger partial charge is 0.450 e. The van der Waals surface area contributed by atoms with E-state index in [1.54, 1.807) is 6.92 Å². The highest BCUT2D eigenvalue weighted by Crippen LogP contribution is 2.24. The summed E-state index contributed by atoms with van der Waals surface area (Å²) in [7, 11) is 0. The fraction of sp³-hybridized carbons (Fsp3) is 0.158. The molecule has 1 unspecified atom stereocenters. The lowest BCUT2D eigenvalue weighted by Gasteiger charge is -2.20. The monoisotopic (exact) mass is 307 g/mol. The maximum atomic E-state index is 12.5. The highest BCUT2D eigenvalue weighted by molar-refractivity contribution is 6.10. The Balaban J connectivity index is 2.30.